The standard InChI is InChI=1S/C20H21N3O2S/c1-13-5-7-15(8-6-13)23-18(24)12-16(19(23)17-4-3-11-26-17)20(25)22-14(2)9-10-21/h3-8,11,14,16,19H,9,12H2,1-2H3,(H,22,25)/t14-,16+,19-/m1/s1. The van der Waals surface area contributed by atoms with Gasteiger partial charge in [-0.15, -0.1) is 11.3 Å². The lowest BCUT2D eigenvalue weighted by Crippen LogP contribution is -2.39. The molecule has 1 N–H and O–H groups in total. The molecular weight excluding hydrogens is 346 g/mol. The lowest BCUT2D eigenvalue weighted by Gasteiger charge is -2.27. The van der Waals surface area contributed by atoms with Crippen LogP contribution in [0.2, 0.25) is 0 Å². The van der Waals surface area contributed by atoms with Crippen LogP contribution in [0.4, 0.5) is 5.69 Å². The normalized spacial score (nSPS) is 20.7. The van der Waals surface area contributed by atoms with Crippen LogP contribution >= 0.6 is 11.3 Å². The molecule has 1 aromatic carbocycles. The Bertz CT molecular complexity index is 824. The van der Waals surface area contributed by atoms with Crippen molar-refractivity contribution in [1.29, 1.82) is 5.26 Å². The number of benzene rings is 1. The van der Waals surface area contributed by atoms with Crippen molar-refractivity contribution in [1.82, 2.24) is 5.32 Å². The zero-order valence-corrected chi connectivity index (χ0v) is 15.6. The molecule has 2 heterocycles. The van der Waals surface area contributed by atoms with E-state index in [2.05, 4.69) is 11.4 Å². The Morgan fingerprint density at radius 2 is 2.12 bits per heavy atom. The molecule has 0 unspecified atom stereocenters. The fourth-order valence-electron chi connectivity index (χ4n) is 3.30. The molecule has 1 aliphatic heterocycles. The molecule has 5 nitrogen and oxygen atoms in total. The van der Waals surface area contributed by atoms with Crippen LogP contribution in [-0.2, 0) is 9.59 Å². The molecule has 6 heteroatoms. The number of amides is 2. The minimum Gasteiger partial charge on any atom is -0.352 e. The van der Waals surface area contributed by atoms with Gasteiger partial charge in [0.05, 0.1) is 24.4 Å². The molecule has 2 amide bonds. The molecule has 26 heavy (non-hydrogen) atoms. The third-order valence-corrected chi connectivity index (χ3v) is 5.54. The van der Waals surface area contributed by atoms with Gasteiger partial charge >= 0.3 is 0 Å². The van der Waals surface area contributed by atoms with Crippen LogP contribution < -0.4 is 10.2 Å². The van der Waals surface area contributed by atoms with Gasteiger partial charge in [0.2, 0.25) is 11.8 Å². The van der Waals surface area contributed by atoms with E-state index >= 15 is 0 Å². The second-order valence-corrected chi connectivity index (χ2v) is 7.62. The topological polar surface area (TPSA) is 73.2 Å². The minimum atomic E-state index is -0.469. The first-order valence-corrected chi connectivity index (χ1v) is 9.48. The van der Waals surface area contributed by atoms with E-state index in [0.717, 1.165) is 16.1 Å². The van der Waals surface area contributed by atoms with Crippen molar-refractivity contribution in [3.8, 4) is 6.07 Å². The summed E-state index contributed by atoms with van der Waals surface area (Å²) in [6.45, 7) is 3.80. The first-order chi connectivity index (χ1) is 12.5. The lowest BCUT2D eigenvalue weighted by molar-refractivity contribution is -0.127. The monoisotopic (exact) mass is 367 g/mol. The van der Waals surface area contributed by atoms with E-state index in [0.29, 0.717) is 0 Å². The van der Waals surface area contributed by atoms with E-state index in [4.69, 9.17) is 5.26 Å². The average molecular weight is 367 g/mol. The minimum absolute atomic E-state index is 0.0552. The van der Waals surface area contributed by atoms with Gasteiger partial charge in [0, 0.05) is 23.0 Å². The summed E-state index contributed by atoms with van der Waals surface area (Å²) in [7, 11) is 0. The molecule has 1 aromatic heterocycles. The van der Waals surface area contributed by atoms with Crippen molar-refractivity contribution < 1.29 is 9.59 Å². The van der Waals surface area contributed by atoms with E-state index in [1.54, 1.807) is 23.2 Å². The fraction of sp³-hybridized carbons (Fsp3) is 0.350. The molecule has 0 bridgehead atoms. The van der Waals surface area contributed by atoms with Crippen LogP contribution in [0.3, 0.4) is 0 Å². The van der Waals surface area contributed by atoms with Crippen molar-refractivity contribution in [2.75, 3.05) is 4.90 Å². The van der Waals surface area contributed by atoms with Crippen molar-refractivity contribution >= 4 is 28.8 Å². The van der Waals surface area contributed by atoms with Gasteiger partial charge in [0.15, 0.2) is 0 Å². The van der Waals surface area contributed by atoms with Crippen molar-refractivity contribution in [2.24, 2.45) is 5.92 Å². The van der Waals surface area contributed by atoms with Gasteiger partial charge in [0.1, 0.15) is 0 Å². The fourth-order valence-corrected chi connectivity index (χ4v) is 4.18. The number of carbonyl (C=O) groups is 2. The Balaban J connectivity index is 1.93. The number of rotatable bonds is 5. The van der Waals surface area contributed by atoms with Crippen molar-refractivity contribution in [3.63, 3.8) is 0 Å². The molecular formula is C20H21N3O2S. The first-order valence-electron chi connectivity index (χ1n) is 8.60. The predicted molar refractivity (Wildman–Crippen MR) is 102 cm³/mol. The van der Waals surface area contributed by atoms with E-state index in [1.165, 1.54) is 0 Å². The zero-order valence-electron chi connectivity index (χ0n) is 14.8. The summed E-state index contributed by atoms with van der Waals surface area (Å²) in [6.07, 6.45) is 0.416. The number of aryl methyl sites for hydroxylation is 1. The van der Waals surface area contributed by atoms with Gasteiger partial charge < -0.3 is 10.2 Å². The summed E-state index contributed by atoms with van der Waals surface area (Å²) in [5.74, 6) is -0.696. The number of hydrogen-bond donors (Lipinski definition) is 1. The molecule has 0 aliphatic carbocycles. The van der Waals surface area contributed by atoms with Crippen LogP contribution in [0.25, 0.3) is 0 Å². The van der Waals surface area contributed by atoms with E-state index < -0.39 is 5.92 Å². The highest BCUT2D eigenvalue weighted by molar-refractivity contribution is 7.10. The summed E-state index contributed by atoms with van der Waals surface area (Å²) >= 11 is 1.55. The van der Waals surface area contributed by atoms with Gasteiger partial charge in [-0.2, -0.15) is 5.26 Å². The molecule has 3 atom stereocenters. The number of anilines is 1. The van der Waals surface area contributed by atoms with Gasteiger partial charge in [-0.05, 0) is 37.4 Å². The summed E-state index contributed by atoms with van der Waals surface area (Å²) < 4.78 is 0. The zero-order chi connectivity index (χ0) is 18.7. The van der Waals surface area contributed by atoms with E-state index in [-0.39, 0.29) is 36.7 Å². The van der Waals surface area contributed by atoms with Crippen LogP contribution in [0.5, 0.6) is 0 Å². The van der Waals surface area contributed by atoms with Crippen molar-refractivity contribution in [3.05, 3.63) is 52.2 Å². The van der Waals surface area contributed by atoms with E-state index in [1.807, 2.05) is 48.7 Å². The lowest BCUT2D eigenvalue weighted by atomic mass is 9.97. The highest BCUT2D eigenvalue weighted by Gasteiger charge is 2.45. The summed E-state index contributed by atoms with van der Waals surface area (Å²) in [4.78, 5) is 28.3. The van der Waals surface area contributed by atoms with Crippen LogP contribution in [-0.4, -0.2) is 17.9 Å². The maximum absolute atomic E-state index is 12.8. The molecule has 2 aromatic rings. The Labute approximate surface area is 157 Å². The molecule has 1 fully saturated rings. The van der Waals surface area contributed by atoms with Crippen LogP contribution in [0.15, 0.2) is 41.8 Å². The number of nitrogens with one attached hydrogen (secondary N) is 1. The van der Waals surface area contributed by atoms with Crippen LogP contribution in [0, 0.1) is 24.2 Å². The van der Waals surface area contributed by atoms with Crippen molar-refractivity contribution in [2.45, 2.75) is 38.8 Å². The molecule has 0 radical (unpaired) electrons. The molecule has 3 rings (SSSR count). The van der Waals surface area contributed by atoms with Gasteiger partial charge in [0.25, 0.3) is 0 Å². The molecule has 0 saturated carbocycles. The Morgan fingerprint density at radius 3 is 2.73 bits per heavy atom. The summed E-state index contributed by atoms with van der Waals surface area (Å²) in [6, 6.07) is 13.2. The smallest absolute Gasteiger partial charge is 0.228 e. The van der Waals surface area contributed by atoms with Gasteiger partial charge in [-0.3, -0.25) is 9.59 Å². The number of hydrogen-bond acceptors (Lipinski definition) is 4. The third-order valence-electron chi connectivity index (χ3n) is 4.59. The Hall–Kier alpha value is -2.65. The largest absolute Gasteiger partial charge is 0.352 e. The second-order valence-electron chi connectivity index (χ2n) is 6.64. The van der Waals surface area contributed by atoms with E-state index in [9.17, 15) is 9.59 Å². The second kappa shape index (κ2) is 7.71. The highest BCUT2D eigenvalue weighted by Crippen LogP contribution is 2.43. The average Bonchev–Trinajstić information content (AvgIpc) is 3.23. The van der Waals surface area contributed by atoms with Gasteiger partial charge in [-0.1, -0.05) is 23.8 Å². The molecule has 1 saturated heterocycles. The molecule has 1 aliphatic rings. The summed E-state index contributed by atoms with van der Waals surface area (Å²) in [5, 5.41) is 13.6. The third kappa shape index (κ3) is 3.63. The molecule has 0 spiro atoms. The SMILES string of the molecule is Cc1ccc(N2C(=O)C[C@H](C(=O)N[C@H](C)CC#N)[C@@H]2c2cccs2)cc1. The summed E-state index contributed by atoms with van der Waals surface area (Å²) in [5.41, 5.74) is 1.92. The predicted octanol–water partition coefficient (Wildman–Crippen LogP) is 3.57. The number of thiophene rings is 1. The molecule has 134 valence electrons. The van der Waals surface area contributed by atoms with Crippen LogP contribution in [0.1, 0.15) is 36.2 Å². The number of nitriles is 1. The van der Waals surface area contributed by atoms with Gasteiger partial charge in [-0.25, -0.2) is 0 Å². The quantitative estimate of drug-likeness (QED) is 0.878. The number of carbonyl (C=O) groups excluding carboxylic acids is 2. The Kier molecular flexibility index (Phi) is 5.38. The first kappa shape index (κ1) is 18.2. The number of nitrogens with zero attached hydrogens (tertiary/aromatic N) is 2. The Morgan fingerprint density at radius 1 is 1.38 bits per heavy atom. The maximum atomic E-state index is 12.8. The maximum Gasteiger partial charge on any atom is 0.228 e. The highest BCUT2D eigenvalue weighted by atomic mass is 32.1.